The normalized spacial score (nSPS) is 14.7. The van der Waals surface area contributed by atoms with Gasteiger partial charge in [-0.2, -0.15) is 4.99 Å². The third-order valence-electron chi connectivity index (χ3n) is 3.69. The Morgan fingerprint density at radius 2 is 1.82 bits per heavy atom. The molecule has 0 aliphatic carbocycles. The van der Waals surface area contributed by atoms with Gasteiger partial charge in [-0.1, -0.05) is 24.3 Å². The fraction of sp³-hybridized carbons (Fsp3) is 0.100. The van der Waals surface area contributed by atoms with Gasteiger partial charge in [-0.3, -0.25) is 9.59 Å². The molecule has 2 aromatic carbocycles. The number of carbonyl (C=O) groups excluding carboxylic acids is 2. The first-order valence-electron chi connectivity index (χ1n) is 8.26. The summed E-state index contributed by atoms with van der Waals surface area (Å²) in [6.45, 7) is 1.66. The number of nitrogens with one attached hydrogen (secondary N) is 1. The molecule has 28 heavy (non-hydrogen) atoms. The molecule has 3 rings (SSSR count). The van der Waals surface area contributed by atoms with Gasteiger partial charge in [0.05, 0.1) is 10.5 Å². The fourth-order valence-corrected chi connectivity index (χ4v) is 3.19. The maximum absolute atomic E-state index is 11.9. The molecule has 1 aliphatic rings. The second kappa shape index (κ2) is 8.53. The van der Waals surface area contributed by atoms with Crippen molar-refractivity contribution in [3.8, 4) is 5.75 Å². The SMILES string of the molecule is CC(=O)NC1=NC(=O)/C(=C\c2ccc(OCc3ccc(C(=O)O)cc3)cc2)S1. The Labute approximate surface area is 165 Å². The van der Waals surface area contributed by atoms with E-state index in [9.17, 15) is 14.4 Å². The number of rotatable bonds is 5. The Hall–Kier alpha value is -3.39. The second-order valence-corrected chi connectivity index (χ2v) is 6.90. The predicted molar refractivity (Wildman–Crippen MR) is 106 cm³/mol. The third-order valence-corrected chi connectivity index (χ3v) is 4.59. The Morgan fingerprint density at radius 1 is 1.14 bits per heavy atom. The molecular weight excluding hydrogens is 380 g/mol. The van der Waals surface area contributed by atoms with E-state index in [2.05, 4.69) is 10.3 Å². The minimum absolute atomic E-state index is 0.228. The monoisotopic (exact) mass is 396 g/mol. The summed E-state index contributed by atoms with van der Waals surface area (Å²) in [5.74, 6) is -0.992. The summed E-state index contributed by atoms with van der Waals surface area (Å²) >= 11 is 1.11. The highest BCUT2D eigenvalue weighted by Gasteiger charge is 2.22. The zero-order valence-electron chi connectivity index (χ0n) is 14.8. The van der Waals surface area contributed by atoms with E-state index in [1.165, 1.54) is 19.1 Å². The van der Waals surface area contributed by atoms with Crippen LogP contribution in [0.4, 0.5) is 0 Å². The minimum Gasteiger partial charge on any atom is -0.489 e. The maximum Gasteiger partial charge on any atom is 0.335 e. The number of thioether (sulfide) groups is 1. The minimum atomic E-state index is -0.967. The molecule has 7 nitrogen and oxygen atoms in total. The summed E-state index contributed by atoms with van der Waals surface area (Å²) in [6.07, 6.45) is 1.69. The molecule has 142 valence electrons. The van der Waals surface area contributed by atoms with Crippen LogP contribution in [0.5, 0.6) is 5.75 Å². The number of hydrogen-bond acceptors (Lipinski definition) is 5. The zero-order valence-corrected chi connectivity index (χ0v) is 15.7. The fourth-order valence-electron chi connectivity index (χ4n) is 2.34. The van der Waals surface area contributed by atoms with Crippen LogP contribution in [-0.4, -0.2) is 28.1 Å². The molecule has 0 bridgehead atoms. The molecule has 0 radical (unpaired) electrons. The topological polar surface area (TPSA) is 105 Å². The lowest BCUT2D eigenvalue weighted by Crippen LogP contribution is -2.23. The number of amides is 2. The van der Waals surface area contributed by atoms with Crippen LogP contribution in [-0.2, 0) is 16.2 Å². The van der Waals surface area contributed by atoms with Crippen LogP contribution in [0.25, 0.3) is 6.08 Å². The molecular formula is C20H16N2O5S. The summed E-state index contributed by atoms with van der Waals surface area (Å²) in [7, 11) is 0. The molecule has 0 saturated heterocycles. The first-order valence-corrected chi connectivity index (χ1v) is 9.07. The summed E-state index contributed by atoms with van der Waals surface area (Å²) in [4.78, 5) is 38.0. The summed E-state index contributed by atoms with van der Waals surface area (Å²) in [5.41, 5.74) is 1.88. The Kier molecular flexibility index (Phi) is 5.90. The van der Waals surface area contributed by atoms with Gasteiger partial charge in [-0.25, -0.2) is 4.79 Å². The van der Waals surface area contributed by atoms with Gasteiger partial charge in [-0.05, 0) is 53.2 Å². The molecule has 1 heterocycles. The standard InChI is InChI=1S/C20H16N2O5S/c1-12(23)21-20-22-18(24)17(28-20)10-13-4-8-16(9-5-13)27-11-14-2-6-15(7-3-14)19(25)26/h2-10H,11H2,1H3,(H,25,26)(H,21,22,23,24)/b17-10+. The van der Waals surface area contributed by atoms with Crippen LogP contribution in [0.1, 0.15) is 28.4 Å². The number of carbonyl (C=O) groups is 3. The van der Waals surface area contributed by atoms with Crippen LogP contribution in [0.2, 0.25) is 0 Å². The average Bonchev–Trinajstić information content (AvgIpc) is 2.99. The number of nitrogens with zero attached hydrogens (tertiary/aromatic N) is 1. The smallest absolute Gasteiger partial charge is 0.335 e. The molecule has 2 amide bonds. The summed E-state index contributed by atoms with van der Waals surface area (Å²) in [5, 5.41) is 11.7. The van der Waals surface area contributed by atoms with Crippen molar-refractivity contribution < 1.29 is 24.2 Å². The number of ether oxygens (including phenoxy) is 1. The van der Waals surface area contributed by atoms with Gasteiger partial charge in [-0.15, -0.1) is 0 Å². The number of aliphatic imine (C=N–C) groups is 1. The second-order valence-electron chi connectivity index (χ2n) is 5.87. The number of carboxylic acid groups (broad SMARTS) is 1. The van der Waals surface area contributed by atoms with Crippen LogP contribution >= 0.6 is 11.8 Å². The molecule has 2 aromatic rings. The van der Waals surface area contributed by atoms with Gasteiger partial charge in [0.1, 0.15) is 12.4 Å². The van der Waals surface area contributed by atoms with Gasteiger partial charge >= 0.3 is 5.97 Å². The Balaban J connectivity index is 1.59. The maximum atomic E-state index is 11.9. The first-order chi connectivity index (χ1) is 13.4. The van der Waals surface area contributed by atoms with Crippen molar-refractivity contribution in [1.29, 1.82) is 0 Å². The van der Waals surface area contributed by atoms with E-state index in [1.54, 1.807) is 42.5 Å². The summed E-state index contributed by atoms with van der Waals surface area (Å²) in [6, 6.07) is 13.6. The van der Waals surface area contributed by atoms with Gasteiger partial charge in [0.25, 0.3) is 5.91 Å². The lowest BCUT2D eigenvalue weighted by Gasteiger charge is -2.07. The highest BCUT2D eigenvalue weighted by Crippen LogP contribution is 2.28. The van der Waals surface area contributed by atoms with Gasteiger partial charge in [0.15, 0.2) is 5.17 Å². The van der Waals surface area contributed by atoms with Crippen molar-refractivity contribution in [3.63, 3.8) is 0 Å². The van der Waals surface area contributed by atoms with E-state index in [0.29, 0.717) is 17.3 Å². The zero-order chi connectivity index (χ0) is 20.1. The van der Waals surface area contributed by atoms with Crippen LogP contribution < -0.4 is 10.1 Å². The number of benzene rings is 2. The molecule has 0 unspecified atom stereocenters. The lowest BCUT2D eigenvalue weighted by molar-refractivity contribution is -0.117. The number of carboxylic acids is 1. The lowest BCUT2D eigenvalue weighted by atomic mass is 10.1. The molecule has 0 aromatic heterocycles. The van der Waals surface area contributed by atoms with E-state index in [1.807, 2.05) is 0 Å². The molecule has 0 fully saturated rings. The van der Waals surface area contributed by atoms with Crippen molar-refractivity contribution in [2.45, 2.75) is 13.5 Å². The predicted octanol–water partition coefficient (Wildman–Crippen LogP) is 3.07. The Bertz CT molecular complexity index is 979. The highest BCUT2D eigenvalue weighted by molar-refractivity contribution is 8.18. The van der Waals surface area contributed by atoms with Crippen molar-refractivity contribution >= 4 is 40.8 Å². The van der Waals surface area contributed by atoms with Crippen molar-refractivity contribution in [2.75, 3.05) is 0 Å². The van der Waals surface area contributed by atoms with Crippen LogP contribution in [0.15, 0.2) is 58.4 Å². The number of aromatic carboxylic acids is 1. The number of hydrogen-bond donors (Lipinski definition) is 2. The van der Waals surface area contributed by atoms with Gasteiger partial charge < -0.3 is 15.2 Å². The van der Waals surface area contributed by atoms with Crippen LogP contribution in [0, 0.1) is 0 Å². The molecule has 0 saturated carbocycles. The van der Waals surface area contributed by atoms with E-state index >= 15 is 0 Å². The molecule has 0 spiro atoms. The van der Waals surface area contributed by atoms with E-state index in [4.69, 9.17) is 9.84 Å². The van der Waals surface area contributed by atoms with Crippen molar-refractivity contribution in [3.05, 3.63) is 70.1 Å². The quantitative estimate of drug-likeness (QED) is 0.753. The van der Waals surface area contributed by atoms with E-state index in [-0.39, 0.29) is 22.5 Å². The molecule has 8 heteroatoms. The van der Waals surface area contributed by atoms with E-state index < -0.39 is 5.97 Å². The largest absolute Gasteiger partial charge is 0.489 e. The Morgan fingerprint density at radius 3 is 2.43 bits per heavy atom. The van der Waals surface area contributed by atoms with Crippen molar-refractivity contribution in [2.24, 2.45) is 4.99 Å². The highest BCUT2D eigenvalue weighted by atomic mass is 32.2. The van der Waals surface area contributed by atoms with Crippen LogP contribution in [0.3, 0.4) is 0 Å². The third kappa shape index (κ3) is 5.08. The average molecular weight is 396 g/mol. The molecule has 2 N–H and O–H groups in total. The van der Waals surface area contributed by atoms with Crippen molar-refractivity contribution in [1.82, 2.24) is 5.32 Å². The number of amidine groups is 1. The molecule has 0 atom stereocenters. The van der Waals surface area contributed by atoms with Gasteiger partial charge in [0.2, 0.25) is 5.91 Å². The summed E-state index contributed by atoms with van der Waals surface area (Å²) < 4.78 is 5.69. The van der Waals surface area contributed by atoms with Gasteiger partial charge in [0, 0.05) is 6.92 Å². The molecule has 1 aliphatic heterocycles. The van der Waals surface area contributed by atoms with E-state index in [0.717, 1.165) is 22.9 Å². The first kappa shape index (κ1) is 19.4.